The molecule has 1 aliphatic rings. The predicted octanol–water partition coefficient (Wildman–Crippen LogP) is 2.51. The molecular weight excluding hydrogens is 238 g/mol. The quantitative estimate of drug-likeness (QED) is 0.836. The largest absolute Gasteiger partial charge is 0.342 e. The van der Waals surface area contributed by atoms with Crippen LogP contribution in [0.5, 0.6) is 0 Å². The van der Waals surface area contributed by atoms with Gasteiger partial charge in [0.1, 0.15) is 5.78 Å². The van der Waals surface area contributed by atoms with Gasteiger partial charge in [-0.1, -0.05) is 29.8 Å². The summed E-state index contributed by atoms with van der Waals surface area (Å²) >= 11 is 0. The number of amides is 1. The van der Waals surface area contributed by atoms with Crippen LogP contribution >= 0.6 is 0 Å². The monoisotopic (exact) mass is 259 g/mol. The summed E-state index contributed by atoms with van der Waals surface area (Å²) in [5.74, 6) is 0.473. The van der Waals surface area contributed by atoms with Gasteiger partial charge >= 0.3 is 0 Å². The molecule has 19 heavy (non-hydrogen) atoms. The molecule has 3 nitrogen and oxygen atoms in total. The number of carbonyl (C=O) groups is 2. The first-order valence-electron chi connectivity index (χ1n) is 6.89. The lowest BCUT2D eigenvalue weighted by Crippen LogP contribution is -2.40. The second-order valence-electron chi connectivity index (χ2n) is 5.44. The predicted molar refractivity (Wildman–Crippen MR) is 74.9 cm³/mol. The number of ketones is 1. The van der Waals surface area contributed by atoms with Gasteiger partial charge in [-0.15, -0.1) is 0 Å². The molecule has 0 radical (unpaired) electrons. The molecule has 0 heterocycles. The number of carbonyl (C=O) groups excluding carboxylic acids is 2. The van der Waals surface area contributed by atoms with Crippen molar-refractivity contribution in [2.24, 2.45) is 0 Å². The van der Waals surface area contributed by atoms with Gasteiger partial charge in [-0.3, -0.25) is 9.59 Å². The molecule has 102 valence electrons. The van der Waals surface area contributed by atoms with Crippen LogP contribution in [0.3, 0.4) is 0 Å². The molecule has 1 aliphatic carbocycles. The van der Waals surface area contributed by atoms with E-state index in [4.69, 9.17) is 0 Å². The van der Waals surface area contributed by atoms with Crippen molar-refractivity contribution in [3.8, 4) is 0 Å². The highest BCUT2D eigenvalue weighted by Gasteiger charge is 2.25. The molecule has 0 atom stereocenters. The molecular formula is C16H21NO2. The summed E-state index contributed by atoms with van der Waals surface area (Å²) in [7, 11) is 1.86. The van der Waals surface area contributed by atoms with Crippen LogP contribution in [0.1, 0.15) is 36.8 Å². The Balaban J connectivity index is 1.94. The molecule has 1 saturated carbocycles. The first-order valence-corrected chi connectivity index (χ1v) is 6.89. The van der Waals surface area contributed by atoms with Crippen molar-refractivity contribution in [2.45, 2.75) is 45.1 Å². The van der Waals surface area contributed by atoms with E-state index in [1.165, 1.54) is 5.56 Å². The molecule has 0 unspecified atom stereocenters. The first kappa shape index (κ1) is 13.8. The van der Waals surface area contributed by atoms with Crippen molar-refractivity contribution in [3.63, 3.8) is 0 Å². The van der Waals surface area contributed by atoms with E-state index >= 15 is 0 Å². The van der Waals surface area contributed by atoms with Gasteiger partial charge in [0.2, 0.25) is 5.91 Å². The Kier molecular flexibility index (Phi) is 4.35. The zero-order chi connectivity index (χ0) is 13.8. The molecule has 0 saturated heterocycles. The van der Waals surface area contributed by atoms with Crippen molar-refractivity contribution < 1.29 is 9.59 Å². The van der Waals surface area contributed by atoms with Crippen molar-refractivity contribution in [3.05, 3.63) is 35.4 Å². The van der Waals surface area contributed by atoms with E-state index in [1.807, 2.05) is 37.1 Å². The number of Topliss-reactive ketones (excluding diaryl/α,β-unsaturated/α-hetero) is 1. The number of nitrogens with zero attached hydrogens (tertiary/aromatic N) is 1. The van der Waals surface area contributed by atoms with Crippen LogP contribution in [0.2, 0.25) is 0 Å². The number of hydrogen-bond acceptors (Lipinski definition) is 2. The maximum Gasteiger partial charge on any atom is 0.226 e. The number of benzene rings is 1. The molecule has 0 spiro atoms. The van der Waals surface area contributed by atoms with Crippen LogP contribution in [0.25, 0.3) is 0 Å². The summed E-state index contributed by atoms with van der Waals surface area (Å²) in [5.41, 5.74) is 2.24. The maximum atomic E-state index is 12.2. The summed E-state index contributed by atoms with van der Waals surface area (Å²) in [6, 6.07) is 8.29. The van der Waals surface area contributed by atoms with Crippen LogP contribution in [-0.2, 0) is 16.0 Å². The average Bonchev–Trinajstić information content (AvgIpc) is 2.39. The van der Waals surface area contributed by atoms with Gasteiger partial charge in [-0.2, -0.15) is 0 Å². The third-order valence-corrected chi connectivity index (χ3v) is 3.89. The van der Waals surface area contributed by atoms with Crippen LogP contribution in [0.4, 0.5) is 0 Å². The van der Waals surface area contributed by atoms with Gasteiger partial charge in [0, 0.05) is 25.9 Å². The van der Waals surface area contributed by atoms with Gasteiger partial charge in [0.15, 0.2) is 0 Å². The third kappa shape index (κ3) is 3.66. The minimum atomic E-state index is 0.143. The summed E-state index contributed by atoms with van der Waals surface area (Å²) in [5, 5.41) is 0. The average molecular weight is 259 g/mol. The highest BCUT2D eigenvalue weighted by molar-refractivity contribution is 5.81. The number of aryl methyl sites for hydroxylation is 1. The highest BCUT2D eigenvalue weighted by atomic mass is 16.2. The molecule has 0 N–H and O–H groups in total. The van der Waals surface area contributed by atoms with E-state index < -0.39 is 0 Å². The normalized spacial score (nSPS) is 16.4. The Morgan fingerprint density at radius 1 is 1.32 bits per heavy atom. The molecule has 0 aromatic heterocycles. The zero-order valence-electron chi connectivity index (χ0n) is 11.7. The van der Waals surface area contributed by atoms with Gasteiger partial charge in [-0.05, 0) is 25.3 Å². The van der Waals surface area contributed by atoms with Crippen molar-refractivity contribution in [1.29, 1.82) is 0 Å². The van der Waals surface area contributed by atoms with Crippen molar-refractivity contribution in [2.75, 3.05) is 7.05 Å². The summed E-state index contributed by atoms with van der Waals surface area (Å²) in [4.78, 5) is 25.3. The molecule has 0 aliphatic heterocycles. The third-order valence-electron chi connectivity index (χ3n) is 3.89. The van der Waals surface area contributed by atoms with E-state index in [9.17, 15) is 9.59 Å². The fourth-order valence-electron chi connectivity index (χ4n) is 2.64. The Hall–Kier alpha value is -1.64. The van der Waals surface area contributed by atoms with E-state index in [0.717, 1.165) is 18.4 Å². The fourth-order valence-corrected chi connectivity index (χ4v) is 2.64. The smallest absolute Gasteiger partial charge is 0.226 e. The molecule has 1 amide bonds. The molecule has 1 aromatic rings. The lowest BCUT2D eigenvalue weighted by atomic mass is 9.93. The maximum absolute atomic E-state index is 12.2. The summed E-state index contributed by atoms with van der Waals surface area (Å²) in [6.07, 6.45) is 3.31. The SMILES string of the molecule is Cc1cccc(CC(=O)N(C)C2CCC(=O)CC2)c1. The molecule has 1 aromatic carbocycles. The van der Waals surface area contributed by atoms with E-state index in [2.05, 4.69) is 6.07 Å². The van der Waals surface area contributed by atoms with E-state index in [1.54, 1.807) is 0 Å². The second kappa shape index (κ2) is 6.00. The summed E-state index contributed by atoms with van der Waals surface area (Å²) in [6.45, 7) is 2.03. The molecule has 2 rings (SSSR count). The van der Waals surface area contributed by atoms with Gasteiger partial charge in [-0.25, -0.2) is 0 Å². The highest BCUT2D eigenvalue weighted by Crippen LogP contribution is 2.20. The Labute approximate surface area is 114 Å². The van der Waals surface area contributed by atoms with Crippen LogP contribution in [-0.4, -0.2) is 29.7 Å². The fraction of sp³-hybridized carbons (Fsp3) is 0.500. The van der Waals surface area contributed by atoms with Crippen LogP contribution in [0.15, 0.2) is 24.3 Å². The molecule has 1 fully saturated rings. The topological polar surface area (TPSA) is 37.4 Å². The molecule has 3 heteroatoms. The van der Waals surface area contributed by atoms with Gasteiger partial charge < -0.3 is 4.90 Å². The minimum absolute atomic E-state index is 0.143. The Morgan fingerprint density at radius 3 is 2.63 bits per heavy atom. The van der Waals surface area contributed by atoms with Gasteiger partial charge in [0.25, 0.3) is 0 Å². The van der Waals surface area contributed by atoms with Gasteiger partial charge in [0.05, 0.1) is 6.42 Å². The first-order chi connectivity index (χ1) is 9.06. The lowest BCUT2D eigenvalue weighted by Gasteiger charge is -2.30. The Bertz CT molecular complexity index is 471. The number of rotatable bonds is 3. The zero-order valence-corrected chi connectivity index (χ0v) is 11.7. The minimum Gasteiger partial charge on any atom is -0.342 e. The Morgan fingerprint density at radius 2 is 2.00 bits per heavy atom. The van der Waals surface area contributed by atoms with Crippen molar-refractivity contribution in [1.82, 2.24) is 4.90 Å². The van der Waals surface area contributed by atoms with E-state index in [-0.39, 0.29) is 11.9 Å². The van der Waals surface area contributed by atoms with Crippen LogP contribution < -0.4 is 0 Å². The number of likely N-dealkylation sites (N-methyl/N-ethyl adjacent to an activating group) is 1. The van der Waals surface area contributed by atoms with E-state index in [0.29, 0.717) is 25.0 Å². The summed E-state index contributed by atoms with van der Waals surface area (Å²) < 4.78 is 0. The second-order valence-corrected chi connectivity index (χ2v) is 5.44. The van der Waals surface area contributed by atoms with Crippen molar-refractivity contribution >= 4 is 11.7 Å². The lowest BCUT2D eigenvalue weighted by molar-refractivity contribution is -0.133. The number of hydrogen-bond donors (Lipinski definition) is 0. The molecule has 0 bridgehead atoms. The van der Waals surface area contributed by atoms with Crippen LogP contribution in [0, 0.1) is 6.92 Å². The standard InChI is InChI=1S/C16H21NO2/c1-12-4-3-5-13(10-12)11-16(19)17(2)14-6-8-15(18)9-7-14/h3-5,10,14H,6-9,11H2,1-2H3.